The van der Waals surface area contributed by atoms with Crippen molar-refractivity contribution in [2.45, 2.75) is 71.1 Å². The van der Waals surface area contributed by atoms with Crippen molar-refractivity contribution < 1.29 is 9.90 Å². The number of hydrogen-bond donors (Lipinski definition) is 3. The fraction of sp³-hybridized carbons (Fsp3) is 0.933. The first-order valence-electron chi connectivity index (χ1n) is 7.75. The van der Waals surface area contributed by atoms with Crippen LogP contribution in [-0.4, -0.2) is 31.2 Å². The maximum absolute atomic E-state index is 9.54. The van der Waals surface area contributed by atoms with E-state index in [1.54, 1.807) is 7.05 Å². The lowest BCUT2D eigenvalue weighted by atomic mass is 10.1. The summed E-state index contributed by atoms with van der Waals surface area (Å²) < 4.78 is 0. The summed E-state index contributed by atoms with van der Waals surface area (Å²) in [4.78, 5) is 9.54. The van der Waals surface area contributed by atoms with Gasteiger partial charge in [-0.1, -0.05) is 64.7 Å². The zero-order chi connectivity index (χ0) is 14.8. The molecule has 0 bridgehead atoms. The SMILES string of the molecule is CCCCCCCCCCCCN.CNCC(=O)O. The van der Waals surface area contributed by atoms with Gasteiger partial charge in [-0.25, -0.2) is 0 Å². The summed E-state index contributed by atoms with van der Waals surface area (Å²) in [6, 6.07) is 0. The zero-order valence-corrected chi connectivity index (χ0v) is 12.9. The van der Waals surface area contributed by atoms with Crippen molar-refractivity contribution in [2.75, 3.05) is 20.1 Å². The van der Waals surface area contributed by atoms with Gasteiger partial charge in [-0.2, -0.15) is 0 Å². The first-order chi connectivity index (χ1) is 9.18. The zero-order valence-electron chi connectivity index (χ0n) is 12.9. The van der Waals surface area contributed by atoms with Crippen LogP contribution in [0.25, 0.3) is 0 Å². The fourth-order valence-corrected chi connectivity index (χ4v) is 1.78. The third-order valence-electron chi connectivity index (χ3n) is 2.89. The van der Waals surface area contributed by atoms with E-state index >= 15 is 0 Å². The molecule has 0 fully saturated rings. The van der Waals surface area contributed by atoms with Gasteiger partial charge in [0.15, 0.2) is 0 Å². The van der Waals surface area contributed by atoms with E-state index in [1.165, 1.54) is 64.2 Å². The summed E-state index contributed by atoms with van der Waals surface area (Å²) in [7, 11) is 1.59. The van der Waals surface area contributed by atoms with Crippen LogP contribution < -0.4 is 11.1 Å². The summed E-state index contributed by atoms with van der Waals surface area (Å²) in [5.74, 6) is -0.822. The molecule has 0 aliphatic carbocycles. The number of carboxylic acids is 1. The van der Waals surface area contributed by atoms with E-state index < -0.39 is 5.97 Å². The van der Waals surface area contributed by atoms with Crippen LogP contribution in [0.15, 0.2) is 0 Å². The summed E-state index contributed by atoms with van der Waals surface area (Å²) in [5, 5.41) is 10.3. The normalized spacial score (nSPS) is 9.84. The summed E-state index contributed by atoms with van der Waals surface area (Å²) in [5.41, 5.74) is 5.42. The maximum atomic E-state index is 9.54. The molecule has 0 saturated carbocycles. The monoisotopic (exact) mass is 274 g/mol. The first-order valence-corrected chi connectivity index (χ1v) is 7.75. The molecule has 0 amide bonds. The average Bonchev–Trinajstić information content (AvgIpc) is 2.37. The Morgan fingerprint density at radius 3 is 1.63 bits per heavy atom. The summed E-state index contributed by atoms with van der Waals surface area (Å²) >= 11 is 0. The van der Waals surface area contributed by atoms with E-state index in [-0.39, 0.29) is 6.54 Å². The van der Waals surface area contributed by atoms with E-state index in [4.69, 9.17) is 10.8 Å². The summed E-state index contributed by atoms with van der Waals surface area (Å²) in [6.07, 6.45) is 13.9. The lowest BCUT2D eigenvalue weighted by molar-refractivity contribution is -0.135. The van der Waals surface area contributed by atoms with Crippen molar-refractivity contribution in [3.05, 3.63) is 0 Å². The van der Waals surface area contributed by atoms with Gasteiger partial charge in [0.25, 0.3) is 0 Å². The highest BCUT2D eigenvalue weighted by Gasteiger charge is 1.91. The Labute approximate surface area is 119 Å². The topological polar surface area (TPSA) is 75.3 Å². The Morgan fingerprint density at radius 1 is 0.947 bits per heavy atom. The van der Waals surface area contributed by atoms with Crippen molar-refractivity contribution in [3.8, 4) is 0 Å². The van der Waals surface area contributed by atoms with E-state index in [1.807, 2.05) is 0 Å². The molecule has 0 heterocycles. The number of aliphatic carboxylic acids is 1. The molecule has 0 unspecified atom stereocenters. The Balaban J connectivity index is 0. The molecule has 4 N–H and O–H groups in total. The smallest absolute Gasteiger partial charge is 0.317 e. The second-order valence-corrected chi connectivity index (χ2v) is 4.89. The number of rotatable bonds is 12. The predicted molar refractivity (Wildman–Crippen MR) is 82.5 cm³/mol. The van der Waals surface area contributed by atoms with Crippen LogP contribution in [0, 0.1) is 0 Å². The van der Waals surface area contributed by atoms with Gasteiger partial charge in [0.2, 0.25) is 0 Å². The van der Waals surface area contributed by atoms with Crippen LogP contribution in [0.4, 0.5) is 0 Å². The van der Waals surface area contributed by atoms with Crippen LogP contribution in [0.1, 0.15) is 71.1 Å². The van der Waals surface area contributed by atoms with Gasteiger partial charge in [0.1, 0.15) is 0 Å². The van der Waals surface area contributed by atoms with Crippen LogP contribution in [0.3, 0.4) is 0 Å². The average molecular weight is 274 g/mol. The molecule has 116 valence electrons. The van der Waals surface area contributed by atoms with Crippen LogP contribution in [-0.2, 0) is 4.79 Å². The van der Waals surface area contributed by atoms with Gasteiger partial charge >= 0.3 is 5.97 Å². The van der Waals surface area contributed by atoms with Gasteiger partial charge in [-0.05, 0) is 20.0 Å². The number of unbranched alkanes of at least 4 members (excludes halogenated alkanes) is 9. The molecule has 0 aromatic heterocycles. The highest BCUT2D eigenvalue weighted by Crippen LogP contribution is 2.09. The third-order valence-corrected chi connectivity index (χ3v) is 2.89. The van der Waals surface area contributed by atoms with E-state index in [0.717, 1.165) is 6.54 Å². The molecule has 19 heavy (non-hydrogen) atoms. The van der Waals surface area contributed by atoms with E-state index in [2.05, 4.69) is 12.2 Å². The first kappa shape index (κ1) is 20.7. The molecule has 0 spiro atoms. The standard InChI is InChI=1S/C12H27N.C3H7NO2/c1-2-3-4-5-6-7-8-9-10-11-12-13;1-4-2-3(5)6/h2-13H2,1H3;4H,2H2,1H3,(H,5,6). The third kappa shape index (κ3) is 26.8. The van der Waals surface area contributed by atoms with E-state index in [9.17, 15) is 4.79 Å². The predicted octanol–water partition coefficient (Wildman–Crippen LogP) is 3.16. The van der Waals surface area contributed by atoms with Gasteiger partial charge in [0, 0.05) is 0 Å². The highest BCUT2D eigenvalue weighted by molar-refractivity contribution is 5.68. The van der Waals surface area contributed by atoms with Crippen LogP contribution in [0.5, 0.6) is 0 Å². The number of nitrogens with two attached hydrogens (primary N) is 1. The molecule has 0 aromatic carbocycles. The van der Waals surface area contributed by atoms with Crippen LogP contribution >= 0.6 is 0 Å². The maximum Gasteiger partial charge on any atom is 0.317 e. The van der Waals surface area contributed by atoms with E-state index in [0.29, 0.717) is 0 Å². The minimum absolute atomic E-state index is 0.0417. The van der Waals surface area contributed by atoms with Crippen molar-refractivity contribution in [1.29, 1.82) is 0 Å². The van der Waals surface area contributed by atoms with Gasteiger partial charge in [-0.15, -0.1) is 0 Å². The molecule has 0 aliphatic heterocycles. The number of hydrogen-bond acceptors (Lipinski definition) is 3. The molecule has 4 heteroatoms. The number of carboxylic acid groups (broad SMARTS) is 1. The molecular weight excluding hydrogens is 240 g/mol. The Bertz CT molecular complexity index is 166. The molecule has 0 rings (SSSR count). The molecule has 0 aliphatic rings. The fourth-order valence-electron chi connectivity index (χ4n) is 1.78. The molecule has 0 atom stereocenters. The lowest BCUT2D eigenvalue weighted by Gasteiger charge is -2.00. The lowest BCUT2D eigenvalue weighted by Crippen LogP contribution is -2.16. The number of nitrogens with one attached hydrogen (secondary N) is 1. The van der Waals surface area contributed by atoms with Gasteiger partial charge in [0.05, 0.1) is 6.54 Å². The molecule has 4 nitrogen and oxygen atoms in total. The minimum Gasteiger partial charge on any atom is -0.480 e. The Morgan fingerprint density at radius 2 is 1.37 bits per heavy atom. The molecule has 0 radical (unpaired) electrons. The molecular formula is C15H34N2O2. The molecule has 0 saturated heterocycles. The van der Waals surface area contributed by atoms with Gasteiger partial charge in [-0.3, -0.25) is 4.79 Å². The number of likely N-dealkylation sites (N-methyl/N-ethyl adjacent to an activating group) is 1. The van der Waals surface area contributed by atoms with Crippen molar-refractivity contribution in [3.63, 3.8) is 0 Å². The Kier molecular flexibility index (Phi) is 21.5. The quantitative estimate of drug-likeness (QED) is 0.478. The second-order valence-electron chi connectivity index (χ2n) is 4.89. The largest absolute Gasteiger partial charge is 0.480 e. The van der Waals surface area contributed by atoms with Crippen molar-refractivity contribution >= 4 is 5.97 Å². The highest BCUT2D eigenvalue weighted by atomic mass is 16.4. The number of carbonyl (C=O) groups is 1. The molecule has 0 aromatic rings. The Hall–Kier alpha value is -0.610. The van der Waals surface area contributed by atoms with Crippen LogP contribution in [0.2, 0.25) is 0 Å². The summed E-state index contributed by atoms with van der Waals surface area (Å²) in [6.45, 7) is 3.18. The second kappa shape index (κ2) is 19.7. The van der Waals surface area contributed by atoms with Crippen molar-refractivity contribution in [1.82, 2.24) is 5.32 Å². The minimum atomic E-state index is -0.822. The van der Waals surface area contributed by atoms with Gasteiger partial charge < -0.3 is 16.2 Å². The van der Waals surface area contributed by atoms with Crippen molar-refractivity contribution in [2.24, 2.45) is 5.73 Å².